The van der Waals surface area contributed by atoms with Crippen LogP contribution in [0.2, 0.25) is 0 Å². The van der Waals surface area contributed by atoms with Crippen molar-refractivity contribution in [1.29, 1.82) is 0 Å². The molecule has 0 amide bonds. The minimum Gasteiger partial charge on any atom is -0.141 e. The second-order valence-electron chi connectivity index (χ2n) is 14.3. The molecule has 0 atom stereocenters. The Labute approximate surface area is 315 Å². The van der Waals surface area contributed by atoms with E-state index in [2.05, 4.69) is 183 Å². The van der Waals surface area contributed by atoms with Gasteiger partial charge in [-0.2, -0.15) is 0 Å². The second-order valence-corrected chi connectivity index (χ2v) is 17.5. The fraction of sp³-hybridized carbons (Fsp3) is 0.0196. The summed E-state index contributed by atoms with van der Waals surface area (Å²) >= 11 is 1.89. The monoisotopic (exact) mass is 706 g/mol. The molecule has 248 valence electrons. The highest BCUT2D eigenvalue weighted by molar-refractivity contribution is 7.15. The standard InChI is InChI=1S/C51H34SSi/c1-31-29-30-43(52-31)49-39-23-11-9-21-37(39)48(38-22-10-12-24-40(38)49)42-26-14-28-45-51(42)50-41(25-13-27-44(50)53-45)47-35-19-7-5-17-33(35)46(32-15-3-2-4-16-32)34-18-6-8-20-36(34)47/h2-30H,53H2,1H3. The topological polar surface area (TPSA) is 0 Å². The summed E-state index contributed by atoms with van der Waals surface area (Å²) in [6.07, 6.45) is 0. The predicted molar refractivity (Wildman–Crippen MR) is 234 cm³/mol. The van der Waals surface area contributed by atoms with E-state index in [1.807, 2.05) is 11.3 Å². The number of fused-ring (bicyclic) bond motifs is 7. The van der Waals surface area contributed by atoms with E-state index in [-0.39, 0.29) is 0 Å². The van der Waals surface area contributed by atoms with Gasteiger partial charge >= 0.3 is 0 Å². The molecule has 0 nitrogen and oxygen atoms in total. The molecule has 2 heterocycles. The number of hydrogen-bond acceptors (Lipinski definition) is 1. The third-order valence-corrected chi connectivity index (χ3v) is 14.3. The van der Waals surface area contributed by atoms with Crippen molar-refractivity contribution >= 4 is 74.3 Å². The molecule has 0 unspecified atom stereocenters. The fourth-order valence-electron chi connectivity index (χ4n) is 9.29. The van der Waals surface area contributed by atoms with Crippen molar-refractivity contribution in [2.24, 2.45) is 0 Å². The van der Waals surface area contributed by atoms with Crippen molar-refractivity contribution in [2.75, 3.05) is 0 Å². The van der Waals surface area contributed by atoms with Gasteiger partial charge < -0.3 is 0 Å². The zero-order chi connectivity index (χ0) is 35.0. The summed E-state index contributed by atoms with van der Waals surface area (Å²) in [5.41, 5.74) is 12.1. The molecule has 1 aliphatic heterocycles. The van der Waals surface area contributed by atoms with E-state index in [4.69, 9.17) is 0 Å². The molecule has 0 radical (unpaired) electrons. The Morgan fingerprint density at radius 2 is 0.717 bits per heavy atom. The van der Waals surface area contributed by atoms with Crippen LogP contribution < -0.4 is 10.4 Å². The highest BCUT2D eigenvalue weighted by atomic mass is 32.1. The normalized spacial score (nSPS) is 12.6. The Morgan fingerprint density at radius 1 is 0.321 bits per heavy atom. The highest BCUT2D eigenvalue weighted by Gasteiger charge is 2.29. The van der Waals surface area contributed by atoms with Gasteiger partial charge in [0.25, 0.3) is 0 Å². The lowest BCUT2D eigenvalue weighted by Crippen LogP contribution is -2.20. The smallest absolute Gasteiger partial charge is 0.0891 e. The average Bonchev–Trinajstić information content (AvgIpc) is 3.82. The van der Waals surface area contributed by atoms with Gasteiger partial charge in [-0.1, -0.05) is 174 Å². The van der Waals surface area contributed by atoms with Crippen LogP contribution >= 0.6 is 11.3 Å². The first-order chi connectivity index (χ1) is 26.2. The molecular weight excluding hydrogens is 673 g/mol. The van der Waals surface area contributed by atoms with Gasteiger partial charge in [0.1, 0.15) is 0 Å². The summed E-state index contributed by atoms with van der Waals surface area (Å²) in [5.74, 6) is 0. The van der Waals surface area contributed by atoms with E-state index < -0.39 is 9.52 Å². The van der Waals surface area contributed by atoms with Crippen LogP contribution in [0.15, 0.2) is 176 Å². The summed E-state index contributed by atoms with van der Waals surface area (Å²) in [5, 5.41) is 13.5. The van der Waals surface area contributed by atoms with E-state index in [1.165, 1.54) is 113 Å². The molecule has 0 aliphatic carbocycles. The van der Waals surface area contributed by atoms with Crippen LogP contribution in [0.3, 0.4) is 0 Å². The molecule has 0 saturated carbocycles. The highest BCUT2D eigenvalue weighted by Crippen LogP contribution is 2.50. The van der Waals surface area contributed by atoms with Gasteiger partial charge in [-0.05, 0) is 107 Å². The van der Waals surface area contributed by atoms with Crippen LogP contribution in [-0.4, -0.2) is 9.52 Å². The maximum atomic E-state index is 2.41. The largest absolute Gasteiger partial charge is 0.141 e. The Balaban J connectivity index is 1.25. The molecule has 0 N–H and O–H groups in total. The fourth-order valence-corrected chi connectivity index (χ4v) is 12.2. The van der Waals surface area contributed by atoms with Gasteiger partial charge in [-0.25, -0.2) is 0 Å². The van der Waals surface area contributed by atoms with Crippen LogP contribution in [-0.2, 0) is 0 Å². The Morgan fingerprint density at radius 3 is 1.13 bits per heavy atom. The third kappa shape index (κ3) is 4.59. The lowest BCUT2D eigenvalue weighted by Gasteiger charge is -2.22. The average molecular weight is 707 g/mol. The van der Waals surface area contributed by atoms with Gasteiger partial charge in [-0.15, -0.1) is 11.3 Å². The summed E-state index contributed by atoms with van der Waals surface area (Å²) in [6.45, 7) is 2.21. The summed E-state index contributed by atoms with van der Waals surface area (Å²) < 4.78 is 0. The molecule has 53 heavy (non-hydrogen) atoms. The Hall–Kier alpha value is -6.06. The SMILES string of the molecule is Cc1ccc(-c2c3ccccc3c(-c3cccc4c3-c3c(cccc3-c3c5ccccc5c(-c5ccccc5)c5ccccc35)[SiH2]4)c3ccccc23)s1. The molecule has 0 fully saturated rings. The maximum Gasteiger partial charge on any atom is 0.0891 e. The second kappa shape index (κ2) is 12.0. The molecule has 1 aliphatic rings. The van der Waals surface area contributed by atoms with Crippen molar-refractivity contribution in [3.8, 4) is 54.9 Å². The van der Waals surface area contributed by atoms with Crippen molar-refractivity contribution in [3.05, 3.63) is 181 Å². The van der Waals surface area contributed by atoms with E-state index >= 15 is 0 Å². The molecule has 9 aromatic carbocycles. The van der Waals surface area contributed by atoms with Crippen LogP contribution in [0.1, 0.15) is 4.88 Å². The molecule has 0 saturated heterocycles. The number of aryl methyl sites for hydroxylation is 1. The van der Waals surface area contributed by atoms with Gasteiger partial charge in [0.15, 0.2) is 0 Å². The lowest BCUT2D eigenvalue weighted by molar-refractivity contribution is 1.64. The predicted octanol–water partition coefficient (Wildman–Crippen LogP) is 12.4. The lowest BCUT2D eigenvalue weighted by atomic mass is 9.81. The van der Waals surface area contributed by atoms with E-state index in [0.29, 0.717) is 0 Å². The number of thiophene rings is 1. The molecule has 1 aromatic heterocycles. The van der Waals surface area contributed by atoms with E-state index in [1.54, 1.807) is 0 Å². The Kier molecular flexibility index (Phi) is 6.92. The van der Waals surface area contributed by atoms with E-state index in [0.717, 1.165) is 0 Å². The molecular formula is C51H34SSi. The first-order valence-corrected chi connectivity index (χ1v) is 20.7. The third-order valence-electron chi connectivity index (χ3n) is 11.4. The minimum absolute atomic E-state index is 0.713. The van der Waals surface area contributed by atoms with E-state index in [9.17, 15) is 0 Å². The zero-order valence-electron chi connectivity index (χ0n) is 29.4. The zero-order valence-corrected chi connectivity index (χ0v) is 31.6. The molecule has 0 bridgehead atoms. The van der Waals surface area contributed by atoms with Crippen molar-refractivity contribution in [3.63, 3.8) is 0 Å². The molecule has 11 rings (SSSR count). The first kappa shape index (κ1) is 30.6. The van der Waals surface area contributed by atoms with Gasteiger partial charge in [0.2, 0.25) is 0 Å². The quantitative estimate of drug-likeness (QED) is 0.126. The van der Waals surface area contributed by atoms with Gasteiger partial charge in [0.05, 0.1) is 9.52 Å². The van der Waals surface area contributed by atoms with Gasteiger partial charge in [0, 0.05) is 15.3 Å². The van der Waals surface area contributed by atoms with Crippen LogP contribution in [0.4, 0.5) is 0 Å². The van der Waals surface area contributed by atoms with Crippen molar-refractivity contribution in [1.82, 2.24) is 0 Å². The maximum absolute atomic E-state index is 2.41. The molecule has 0 spiro atoms. The minimum atomic E-state index is -0.713. The summed E-state index contributed by atoms with van der Waals surface area (Å²) in [4.78, 5) is 2.67. The van der Waals surface area contributed by atoms with Crippen LogP contribution in [0.5, 0.6) is 0 Å². The number of hydrogen-bond donors (Lipinski definition) is 0. The van der Waals surface area contributed by atoms with Crippen LogP contribution in [0, 0.1) is 6.92 Å². The van der Waals surface area contributed by atoms with Crippen molar-refractivity contribution in [2.45, 2.75) is 6.92 Å². The molecule has 10 aromatic rings. The summed E-state index contributed by atoms with van der Waals surface area (Å²) in [7, 11) is -0.713. The number of benzene rings is 9. The number of rotatable bonds is 4. The van der Waals surface area contributed by atoms with Crippen molar-refractivity contribution < 1.29 is 0 Å². The van der Waals surface area contributed by atoms with Crippen LogP contribution in [0.25, 0.3) is 98.0 Å². The first-order valence-electron chi connectivity index (χ1n) is 18.5. The molecule has 2 heteroatoms. The Bertz CT molecular complexity index is 2980. The van der Waals surface area contributed by atoms with Gasteiger partial charge in [-0.3, -0.25) is 0 Å². The summed E-state index contributed by atoms with van der Waals surface area (Å²) in [6, 6.07) is 66.1.